The van der Waals surface area contributed by atoms with Crippen molar-refractivity contribution in [2.75, 3.05) is 43.1 Å². The molecule has 222 valence electrons. The molecule has 42 heavy (non-hydrogen) atoms. The molecule has 0 amide bonds. The van der Waals surface area contributed by atoms with E-state index in [9.17, 15) is 10.2 Å². The first-order chi connectivity index (χ1) is 20.2. The molecule has 4 heterocycles. The van der Waals surface area contributed by atoms with E-state index in [0.29, 0.717) is 65.3 Å². The average Bonchev–Trinajstić information content (AvgIpc) is 3.36. The fourth-order valence-electron chi connectivity index (χ4n) is 5.10. The van der Waals surface area contributed by atoms with Crippen molar-refractivity contribution in [3.63, 3.8) is 0 Å². The third kappa shape index (κ3) is 6.04. The molecule has 1 fully saturated rings. The number of aromatic nitrogens is 4. The van der Waals surface area contributed by atoms with E-state index in [0.717, 1.165) is 42.3 Å². The topological polar surface area (TPSA) is 144 Å². The summed E-state index contributed by atoms with van der Waals surface area (Å²) in [7, 11) is 1.76. The number of likely N-dealkylation sites (N-methyl/N-ethyl adjacent to an activating group) is 1. The van der Waals surface area contributed by atoms with E-state index in [1.54, 1.807) is 32.2 Å². The van der Waals surface area contributed by atoms with Gasteiger partial charge in [0.2, 0.25) is 5.95 Å². The molecule has 0 bridgehead atoms. The first-order valence-electron chi connectivity index (χ1n) is 14.2. The zero-order valence-corrected chi connectivity index (χ0v) is 25.2. The minimum atomic E-state index is -0.676. The highest BCUT2D eigenvalue weighted by Crippen LogP contribution is 2.37. The molecule has 1 saturated heterocycles. The van der Waals surface area contributed by atoms with Crippen LogP contribution in [0.15, 0.2) is 30.2 Å². The highest BCUT2D eigenvalue weighted by Gasteiger charge is 2.29. The molecule has 2 aliphatic heterocycles. The molecule has 2 aliphatic rings. The maximum Gasteiger partial charge on any atom is 0.225 e. The summed E-state index contributed by atoms with van der Waals surface area (Å²) in [5.41, 5.74) is 4.30. The SMILES string of the molecule is CC/C(O)=C(/C(C)=N)c1nc(-c2cc(OC[C@H](O)CNC)ccc2Cl)nc(N2Cc3cnc(N4CCC4)nc3C2)c1C. The first-order valence-corrected chi connectivity index (χ1v) is 14.5. The summed E-state index contributed by atoms with van der Waals surface area (Å²) in [6.07, 6.45) is 2.72. The standard InChI is InChI=1S/C30H37ClN8O3/c1-5-25(41)26(18(3)32)27-17(2)29(39-14-19-12-34-30(35-24(19)15-39)38-9-6-10-38)37-28(36-27)22-11-21(7-8-23(22)31)42-16-20(40)13-33-4/h7-8,11-12,20,32-33,40-41H,5-6,9-10,13-16H2,1-4H3/b26-25+,32-18?/t20-/m1/s1. The summed E-state index contributed by atoms with van der Waals surface area (Å²) in [5.74, 6) is 2.34. The Hall–Kier alpha value is -3.80. The average molecular weight is 593 g/mol. The van der Waals surface area contributed by atoms with Crippen molar-refractivity contribution in [2.45, 2.75) is 52.8 Å². The summed E-state index contributed by atoms with van der Waals surface area (Å²) < 4.78 is 5.83. The fourth-order valence-corrected chi connectivity index (χ4v) is 5.30. The van der Waals surface area contributed by atoms with E-state index in [2.05, 4.69) is 20.1 Å². The van der Waals surface area contributed by atoms with Crippen molar-refractivity contribution in [3.8, 4) is 17.1 Å². The van der Waals surface area contributed by atoms with Crippen molar-refractivity contribution >= 4 is 34.7 Å². The maximum atomic E-state index is 10.9. The van der Waals surface area contributed by atoms with Gasteiger partial charge in [-0.25, -0.2) is 19.9 Å². The molecule has 11 nitrogen and oxygen atoms in total. The number of allylic oxidation sites excluding steroid dienone is 2. The van der Waals surface area contributed by atoms with Crippen LogP contribution in [0.5, 0.6) is 5.75 Å². The van der Waals surface area contributed by atoms with Gasteiger partial charge in [-0.05, 0) is 45.5 Å². The van der Waals surface area contributed by atoms with Crippen LogP contribution in [0.1, 0.15) is 49.2 Å². The molecule has 0 radical (unpaired) electrons. The Labute approximate surface area is 250 Å². The molecular weight excluding hydrogens is 556 g/mol. The predicted molar refractivity (Wildman–Crippen MR) is 165 cm³/mol. The van der Waals surface area contributed by atoms with Crippen LogP contribution in [-0.2, 0) is 13.1 Å². The van der Waals surface area contributed by atoms with Gasteiger partial charge in [0.25, 0.3) is 0 Å². The summed E-state index contributed by atoms with van der Waals surface area (Å²) in [6, 6.07) is 5.19. The Morgan fingerprint density at radius 1 is 1.19 bits per heavy atom. The quantitative estimate of drug-likeness (QED) is 0.188. The number of nitrogens with zero attached hydrogens (tertiary/aromatic N) is 6. The monoisotopic (exact) mass is 592 g/mol. The zero-order valence-electron chi connectivity index (χ0n) is 24.4. The van der Waals surface area contributed by atoms with Crippen LogP contribution >= 0.6 is 11.6 Å². The number of rotatable bonds is 11. The van der Waals surface area contributed by atoms with Gasteiger partial charge in [0.1, 0.15) is 30.0 Å². The third-order valence-electron chi connectivity index (χ3n) is 7.50. The number of hydrogen-bond donors (Lipinski definition) is 4. The van der Waals surface area contributed by atoms with E-state index in [1.807, 2.05) is 20.0 Å². The number of aliphatic hydroxyl groups is 2. The molecular formula is C30H37ClN8O3. The lowest BCUT2D eigenvalue weighted by molar-refractivity contribution is 0.108. The van der Waals surface area contributed by atoms with Gasteiger partial charge >= 0.3 is 0 Å². The second-order valence-electron chi connectivity index (χ2n) is 10.6. The van der Waals surface area contributed by atoms with Crippen LogP contribution in [0.25, 0.3) is 17.0 Å². The molecule has 0 saturated carbocycles. The lowest BCUT2D eigenvalue weighted by Crippen LogP contribution is -2.38. The number of ether oxygens (including phenoxy) is 1. The summed E-state index contributed by atoms with van der Waals surface area (Å²) in [4.78, 5) is 23.6. The molecule has 4 N–H and O–H groups in total. The van der Waals surface area contributed by atoms with E-state index in [4.69, 9.17) is 36.7 Å². The zero-order chi connectivity index (χ0) is 30.0. The van der Waals surface area contributed by atoms with Gasteiger partial charge in [-0.1, -0.05) is 18.5 Å². The second kappa shape index (κ2) is 12.6. The molecule has 2 aromatic heterocycles. The summed E-state index contributed by atoms with van der Waals surface area (Å²) in [5, 5.41) is 32.8. The number of halogens is 1. The molecule has 1 atom stereocenters. The number of fused-ring (bicyclic) bond motifs is 1. The van der Waals surface area contributed by atoms with Gasteiger partial charge in [0.05, 0.1) is 28.5 Å². The fraction of sp³-hybridized carbons (Fsp3) is 0.433. The number of anilines is 2. The summed E-state index contributed by atoms with van der Waals surface area (Å²) in [6.45, 7) is 8.92. The van der Waals surface area contributed by atoms with Crippen LogP contribution in [-0.4, -0.2) is 75.3 Å². The lowest BCUT2D eigenvalue weighted by Gasteiger charge is -2.30. The van der Waals surface area contributed by atoms with Crippen molar-refractivity contribution in [1.29, 1.82) is 5.41 Å². The van der Waals surface area contributed by atoms with Crippen molar-refractivity contribution in [2.24, 2.45) is 0 Å². The highest BCUT2D eigenvalue weighted by atomic mass is 35.5. The first kappa shape index (κ1) is 29.7. The molecule has 3 aromatic rings. The Morgan fingerprint density at radius 2 is 1.98 bits per heavy atom. The molecule has 0 spiro atoms. The Kier molecular flexibility index (Phi) is 8.91. The smallest absolute Gasteiger partial charge is 0.225 e. The number of benzene rings is 1. The Morgan fingerprint density at radius 3 is 2.64 bits per heavy atom. The lowest BCUT2D eigenvalue weighted by atomic mass is 10.00. The molecule has 1 aromatic carbocycles. The third-order valence-corrected chi connectivity index (χ3v) is 7.83. The van der Waals surface area contributed by atoms with Crippen molar-refractivity contribution in [3.05, 3.63) is 57.7 Å². The number of nitrogens with one attached hydrogen (secondary N) is 2. The minimum absolute atomic E-state index is 0.0812. The van der Waals surface area contributed by atoms with Crippen LogP contribution in [0.2, 0.25) is 5.02 Å². The number of hydrogen-bond acceptors (Lipinski definition) is 11. The molecule has 0 aliphatic carbocycles. The van der Waals surface area contributed by atoms with E-state index < -0.39 is 6.10 Å². The predicted octanol–water partition coefficient (Wildman–Crippen LogP) is 4.30. The van der Waals surface area contributed by atoms with E-state index >= 15 is 0 Å². The van der Waals surface area contributed by atoms with Crippen LogP contribution < -0.4 is 19.9 Å². The minimum Gasteiger partial charge on any atom is -0.512 e. The maximum absolute atomic E-state index is 10.9. The van der Waals surface area contributed by atoms with Crippen LogP contribution in [0.3, 0.4) is 0 Å². The second-order valence-corrected chi connectivity index (χ2v) is 11.1. The van der Waals surface area contributed by atoms with E-state index in [1.165, 1.54) is 0 Å². The summed E-state index contributed by atoms with van der Waals surface area (Å²) >= 11 is 6.68. The van der Waals surface area contributed by atoms with Gasteiger partial charge in [-0.3, -0.25) is 0 Å². The Balaban J connectivity index is 1.58. The highest BCUT2D eigenvalue weighted by molar-refractivity contribution is 6.33. The Bertz CT molecular complexity index is 1520. The van der Waals surface area contributed by atoms with Gasteiger partial charge in [-0.15, -0.1) is 0 Å². The van der Waals surface area contributed by atoms with Crippen LogP contribution in [0.4, 0.5) is 11.8 Å². The van der Waals surface area contributed by atoms with Crippen molar-refractivity contribution in [1.82, 2.24) is 25.3 Å². The van der Waals surface area contributed by atoms with Crippen molar-refractivity contribution < 1.29 is 14.9 Å². The van der Waals surface area contributed by atoms with Gasteiger partial charge < -0.3 is 35.5 Å². The molecule has 5 rings (SSSR count). The van der Waals surface area contributed by atoms with Gasteiger partial charge in [0, 0.05) is 61.2 Å². The van der Waals surface area contributed by atoms with Gasteiger partial charge in [0.15, 0.2) is 5.82 Å². The number of aliphatic hydroxyl groups excluding tert-OH is 2. The normalized spacial score (nSPS) is 15.7. The molecule has 0 unspecified atom stereocenters. The molecule has 12 heteroatoms. The van der Waals surface area contributed by atoms with Crippen LogP contribution in [0, 0.1) is 12.3 Å². The van der Waals surface area contributed by atoms with E-state index in [-0.39, 0.29) is 18.1 Å². The largest absolute Gasteiger partial charge is 0.512 e. The van der Waals surface area contributed by atoms with Gasteiger partial charge in [-0.2, -0.15) is 0 Å².